The number of thioether (sulfide) groups is 1. The lowest BCUT2D eigenvalue weighted by atomic mass is 9.80. The lowest BCUT2D eigenvalue weighted by molar-refractivity contribution is -0.151. The normalized spacial score (nSPS) is 33.3. The minimum Gasteiger partial charge on any atom is -0.323 e. The van der Waals surface area contributed by atoms with Crippen molar-refractivity contribution in [3.05, 3.63) is 29.8 Å². The summed E-state index contributed by atoms with van der Waals surface area (Å²) in [4.78, 5) is 34.9. The summed E-state index contributed by atoms with van der Waals surface area (Å²) < 4.78 is 0. The molecule has 3 aliphatic rings. The molecular formula is C13H12N4O3S. The zero-order valence-electron chi connectivity index (χ0n) is 11.0. The highest BCUT2D eigenvalue weighted by molar-refractivity contribution is 8.13. The van der Waals surface area contributed by atoms with Gasteiger partial charge in [-0.25, -0.2) is 4.99 Å². The van der Waals surface area contributed by atoms with E-state index in [1.165, 1.54) is 11.8 Å². The van der Waals surface area contributed by atoms with Crippen molar-refractivity contribution >= 4 is 34.4 Å². The van der Waals surface area contributed by atoms with Crippen LogP contribution in [0.2, 0.25) is 0 Å². The van der Waals surface area contributed by atoms with E-state index in [0.717, 1.165) is 0 Å². The van der Waals surface area contributed by atoms with Crippen LogP contribution in [0.25, 0.3) is 0 Å². The molecule has 1 saturated heterocycles. The van der Waals surface area contributed by atoms with E-state index in [9.17, 15) is 9.59 Å². The molecule has 3 heterocycles. The van der Waals surface area contributed by atoms with Gasteiger partial charge in [0, 0.05) is 11.3 Å². The highest BCUT2D eigenvalue weighted by Crippen LogP contribution is 2.48. The maximum atomic E-state index is 12.5. The molecule has 108 valence electrons. The number of para-hydroxylation sites is 1. The number of nitrogens with one attached hydrogen (secondary N) is 3. The average molecular weight is 304 g/mol. The van der Waals surface area contributed by atoms with Crippen molar-refractivity contribution in [2.75, 3.05) is 11.6 Å². The monoisotopic (exact) mass is 304 g/mol. The fraction of sp³-hybridized carbons (Fsp3) is 0.308. The predicted octanol–water partition coefficient (Wildman–Crippen LogP) is 0.160. The first-order chi connectivity index (χ1) is 10.2. The van der Waals surface area contributed by atoms with Gasteiger partial charge in [0.1, 0.15) is 12.1 Å². The Hall–Kier alpha value is -1.90. The van der Waals surface area contributed by atoms with Crippen LogP contribution in [0.3, 0.4) is 0 Å². The van der Waals surface area contributed by atoms with Crippen molar-refractivity contribution in [1.29, 1.82) is 0 Å². The van der Waals surface area contributed by atoms with Gasteiger partial charge in [0.05, 0.1) is 0 Å². The Bertz CT molecular complexity index is 692. The zero-order valence-corrected chi connectivity index (χ0v) is 11.9. The van der Waals surface area contributed by atoms with Crippen molar-refractivity contribution in [3.63, 3.8) is 0 Å². The van der Waals surface area contributed by atoms with Crippen LogP contribution >= 0.6 is 11.8 Å². The maximum absolute atomic E-state index is 12.5. The third kappa shape index (κ3) is 1.55. The summed E-state index contributed by atoms with van der Waals surface area (Å²) in [6.45, 7) is 0. The molecule has 3 aliphatic heterocycles. The number of hydroxylamine groups is 1. The van der Waals surface area contributed by atoms with Crippen LogP contribution in [0.5, 0.6) is 0 Å². The molecule has 1 unspecified atom stereocenters. The number of anilines is 1. The molecule has 1 fully saturated rings. The summed E-state index contributed by atoms with van der Waals surface area (Å²) >= 11 is 1.34. The summed E-state index contributed by atoms with van der Waals surface area (Å²) in [5, 5.41) is 6.00. The summed E-state index contributed by atoms with van der Waals surface area (Å²) in [5.41, 5.74) is 2.70. The minimum absolute atomic E-state index is 0.267. The first-order valence-corrected chi connectivity index (χ1v) is 7.66. The van der Waals surface area contributed by atoms with Gasteiger partial charge in [-0.15, -0.1) is 0 Å². The maximum Gasteiger partial charge on any atom is 0.264 e. The number of carbonyl (C=O) groups excluding carboxylic acids is 2. The Balaban J connectivity index is 1.86. The van der Waals surface area contributed by atoms with Crippen molar-refractivity contribution in [2.24, 2.45) is 10.9 Å². The Morgan fingerprint density at radius 1 is 1.29 bits per heavy atom. The van der Waals surface area contributed by atoms with E-state index in [4.69, 9.17) is 4.84 Å². The first-order valence-electron chi connectivity index (χ1n) is 6.44. The van der Waals surface area contributed by atoms with Crippen LogP contribution in [0.15, 0.2) is 29.3 Å². The van der Waals surface area contributed by atoms with Gasteiger partial charge in [-0.2, -0.15) is 5.48 Å². The zero-order chi connectivity index (χ0) is 14.6. The van der Waals surface area contributed by atoms with Gasteiger partial charge in [-0.3, -0.25) is 14.4 Å². The SMILES string of the molecule is CSC1=N[C@@H]2NOC3(C(=O)Nc4ccccc43)[C@@H]2C(=O)N1. The van der Waals surface area contributed by atoms with Gasteiger partial charge in [0.2, 0.25) is 11.5 Å². The summed E-state index contributed by atoms with van der Waals surface area (Å²) in [6, 6.07) is 7.21. The Kier molecular flexibility index (Phi) is 2.62. The number of fused-ring (bicyclic) bond motifs is 4. The Morgan fingerprint density at radius 2 is 2.10 bits per heavy atom. The molecule has 0 radical (unpaired) electrons. The van der Waals surface area contributed by atoms with Gasteiger partial charge in [0.15, 0.2) is 5.17 Å². The molecule has 4 rings (SSSR count). The van der Waals surface area contributed by atoms with E-state index in [2.05, 4.69) is 21.1 Å². The van der Waals surface area contributed by atoms with Crippen LogP contribution in [-0.4, -0.2) is 29.4 Å². The molecule has 2 amide bonds. The number of benzene rings is 1. The van der Waals surface area contributed by atoms with E-state index < -0.39 is 17.7 Å². The summed E-state index contributed by atoms with van der Waals surface area (Å²) in [6.07, 6.45) is 1.25. The van der Waals surface area contributed by atoms with Crippen molar-refractivity contribution in [3.8, 4) is 0 Å². The molecule has 0 saturated carbocycles. The third-order valence-electron chi connectivity index (χ3n) is 3.97. The molecule has 3 N–H and O–H groups in total. The largest absolute Gasteiger partial charge is 0.323 e. The smallest absolute Gasteiger partial charge is 0.264 e. The van der Waals surface area contributed by atoms with Gasteiger partial charge in [-0.05, 0) is 12.3 Å². The molecule has 0 aromatic heterocycles. The van der Waals surface area contributed by atoms with Gasteiger partial charge in [-0.1, -0.05) is 30.0 Å². The molecule has 21 heavy (non-hydrogen) atoms. The van der Waals surface area contributed by atoms with E-state index in [1.807, 2.05) is 18.4 Å². The summed E-state index contributed by atoms with van der Waals surface area (Å²) in [5.74, 6) is -1.35. The average Bonchev–Trinajstić information content (AvgIpc) is 3.01. The second kappa shape index (κ2) is 4.30. The number of aliphatic imine (C=N–C) groups is 1. The minimum atomic E-state index is -1.36. The lowest BCUT2D eigenvalue weighted by Crippen LogP contribution is -2.53. The third-order valence-corrected chi connectivity index (χ3v) is 4.56. The van der Waals surface area contributed by atoms with Crippen LogP contribution in [-0.2, 0) is 20.0 Å². The number of hydrogen-bond acceptors (Lipinski definition) is 6. The number of carbonyl (C=O) groups is 2. The first kappa shape index (κ1) is 12.8. The lowest BCUT2D eigenvalue weighted by Gasteiger charge is -2.29. The second-order valence-electron chi connectivity index (χ2n) is 5.01. The number of rotatable bonds is 0. The highest BCUT2D eigenvalue weighted by atomic mass is 32.2. The van der Waals surface area contributed by atoms with Gasteiger partial charge < -0.3 is 10.6 Å². The topological polar surface area (TPSA) is 91.8 Å². The molecule has 0 bridgehead atoms. The summed E-state index contributed by atoms with van der Waals surface area (Å²) in [7, 11) is 0. The van der Waals surface area contributed by atoms with Crippen LogP contribution in [0.1, 0.15) is 5.56 Å². The quantitative estimate of drug-likeness (QED) is 0.635. The Labute approximate surface area is 124 Å². The van der Waals surface area contributed by atoms with E-state index >= 15 is 0 Å². The number of nitrogens with zero attached hydrogens (tertiary/aromatic N) is 1. The van der Waals surface area contributed by atoms with Crippen LogP contribution in [0, 0.1) is 5.92 Å². The molecule has 7 nitrogen and oxygen atoms in total. The predicted molar refractivity (Wildman–Crippen MR) is 77.3 cm³/mol. The van der Waals surface area contributed by atoms with E-state index in [0.29, 0.717) is 16.4 Å². The second-order valence-corrected chi connectivity index (χ2v) is 5.80. The number of hydrogen-bond donors (Lipinski definition) is 3. The molecule has 8 heteroatoms. The molecule has 0 aliphatic carbocycles. The number of amides is 2. The van der Waals surface area contributed by atoms with Crippen molar-refractivity contribution in [1.82, 2.24) is 10.8 Å². The van der Waals surface area contributed by atoms with E-state index in [1.54, 1.807) is 12.1 Å². The fourth-order valence-electron chi connectivity index (χ4n) is 3.05. The molecule has 1 aromatic carbocycles. The van der Waals surface area contributed by atoms with Crippen LogP contribution < -0.4 is 16.1 Å². The Morgan fingerprint density at radius 3 is 2.90 bits per heavy atom. The molecule has 3 atom stereocenters. The number of amidine groups is 1. The molecule has 1 spiro atoms. The van der Waals surface area contributed by atoms with Crippen LogP contribution in [0.4, 0.5) is 5.69 Å². The molecule has 1 aromatic rings. The highest BCUT2D eigenvalue weighted by Gasteiger charge is 2.64. The van der Waals surface area contributed by atoms with E-state index in [-0.39, 0.29) is 11.8 Å². The standard InChI is InChI=1S/C13H12N4O3S/c1-21-12-15-9-8(10(18)16-12)13(20-17-9)6-4-2-3-5-7(6)14-11(13)19/h2-5,8-9,17H,1H3,(H,14,19)(H,15,16,18)/t8-,9+,13?/m0/s1. The fourth-order valence-corrected chi connectivity index (χ4v) is 3.47. The van der Waals surface area contributed by atoms with Crippen molar-refractivity contribution < 1.29 is 14.4 Å². The van der Waals surface area contributed by atoms with Crippen molar-refractivity contribution in [2.45, 2.75) is 11.8 Å². The van der Waals surface area contributed by atoms with Gasteiger partial charge in [0.25, 0.3) is 5.91 Å². The van der Waals surface area contributed by atoms with Gasteiger partial charge >= 0.3 is 0 Å². The molecular weight excluding hydrogens is 292 g/mol.